The van der Waals surface area contributed by atoms with Crippen LogP contribution in [-0.2, 0) is 0 Å². The van der Waals surface area contributed by atoms with Gasteiger partial charge in [0, 0.05) is 18.2 Å². The van der Waals surface area contributed by atoms with Gasteiger partial charge in [0.05, 0.1) is 16.8 Å². The molecule has 1 unspecified atom stereocenters. The summed E-state index contributed by atoms with van der Waals surface area (Å²) in [6.07, 6.45) is 0. The Morgan fingerprint density at radius 3 is 2.52 bits per heavy atom. The van der Waals surface area contributed by atoms with Crippen molar-refractivity contribution in [3.05, 3.63) is 64.4 Å². The molecule has 0 spiro atoms. The minimum absolute atomic E-state index is 0.0340. The molecule has 0 aliphatic rings. The quantitative estimate of drug-likeness (QED) is 0.663. The average molecular weight is 306 g/mol. The van der Waals surface area contributed by atoms with E-state index in [2.05, 4.69) is 0 Å². The Labute approximate surface area is 128 Å². The summed E-state index contributed by atoms with van der Waals surface area (Å²) in [5.41, 5.74) is 7.37. The van der Waals surface area contributed by atoms with Crippen LogP contribution in [0, 0.1) is 11.2 Å². The number of rotatable bonds is 4. The first-order chi connectivity index (χ1) is 9.91. The van der Waals surface area contributed by atoms with Crippen LogP contribution in [0.3, 0.4) is 0 Å². The number of nitrogen functional groups attached to an aromatic ring is 1. The van der Waals surface area contributed by atoms with Crippen LogP contribution in [-0.4, -0.2) is 12.9 Å². The van der Waals surface area contributed by atoms with E-state index >= 15 is 0 Å². The second kappa shape index (κ2) is 6.14. The number of anilines is 1. The summed E-state index contributed by atoms with van der Waals surface area (Å²) >= 11 is 6.25. The Kier molecular flexibility index (Phi) is 4.48. The van der Waals surface area contributed by atoms with Gasteiger partial charge in [-0.25, -0.2) is 4.39 Å². The lowest BCUT2D eigenvalue weighted by atomic mass is 10.1. The molecule has 0 aliphatic heterocycles. The van der Waals surface area contributed by atoms with E-state index in [9.17, 15) is 4.39 Å². The predicted octanol–water partition coefficient (Wildman–Crippen LogP) is 3.96. The fourth-order valence-corrected chi connectivity index (χ4v) is 2.51. The maximum Gasteiger partial charge on any atom is 0.128 e. The molecule has 3 N–H and O–H groups in total. The van der Waals surface area contributed by atoms with Gasteiger partial charge in [0.25, 0.3) is 0 Å². The monoisotopic (exact) mass is 305 g/mol. The molecule has 1 atom stereocenters. The molecule has 5 heteroatoms. The standard InChI is InChI=1S/C16H17ClFN3/c1-10(12-5-3-4-6-14(12)18)21(2)15-8-7-11(16(19)20)9-13(15)17/h3-10H,1-2H3,(H3,19,20). The van der Waals surface area contributed by atoms with Gasteiger partial charge in [0.2, 0.25) is 0 Å². The maximum atomic E-state index is 13.9. The van der Waals surface area contributed by atoms with Crippen molar-refractivity contribution in [2.45, 2.75) is 13.0 Å². The summed E-state index contributed by atoms with van der Waals surface area (Å²) in [6, 6.07) is 11.7. The predicted molar refractivity (Wildman–Crippen MR) is 85.7 cm³/mol. The zero-order valence-electron chi connectivity index (χ0n) is 11.9. The topological polar surface area (TPSA) is 53.1 Å². The van der Waals surface area contributed by atoms with Crippen molar-refractivity contribution in [1.29, 1.82) is 5.41 Å². The van der Waals surface area contributed by atoms with Crippen molar-refractivity contribution in [3.63, 3.8) is 0 Å². The highest BCUT2D eigenvalue weighted by Crippen LogP contribution is 2.32. The third kappa shape index (κ3) is 3.16. The highest BCUT2D eigenvalue weighted by atomic mass is 35.5. The molecule has 0 heterocycles. The molecule has 0 amide bonds. The molecule has 21 heavy (non-hydrogen) atoms. The van der Waals surface area contributed by atoms with Crippen LogP contribution in [0.25, 0.3) is 0 Å². The maximum absolute atomic E-state index is 13.9. The number of nitrogens with two attached hydrogens (primary N) is 1. The number of nitrogens with one attached hydrogen (secondary N) is 1. The van der Waals surface area contributed by atoms with E-state index < -0.39 is 0 Å². The van der Waals surface area contributed by atoms with Gasteiger partial charge in [-0.15, -0.1) is 0 Å². The van der Waals surface area contributed by atoms with Gasteiger partial charge in [-0.2, -0.15) is 0 Å². The van der Waals surface area contributed by atoms with E-state index in [1.165, 1.54) is 6.07 Å². The van der Waals surface area contributed by atoms with E-state index in [0.717, 1.165) is 5.69 Å². The van der Waals surface area contributed by atoms with Gasteiger partial charge in [-0.05, 0) is 31.2 Å². The van der Waals surface area contributed by atoms with E-state index in [0.29, 0.717) is 16.1 Å². The van der Waals surface area contributed by atoms with Crippen molar-refractivity contribution in [2.75, 3.05) is 11.9 Å². The molecule has 0 fully saturated rings. The van der Waals surface area contributed by atoms with Gasteiger partial charge in [0.1, 0.15) is 11.7 Å². The highest BCUT2D eigenvalue weighted by molar-refractivity contribution is 6.33. The first kappa shape index (κ1) is 15.3. The lowest BCUT2D eigenvalue weighted by Gasteiger charge is -2.28. The van der Waals surface area contributed by atoms with Crippen LogP contribution in [0.15, 0.2) is 42.5 Å². The van der Waals surface area contributed by atoms with Gasteiger partial charge < -0.3 is 10.6 Å². The Balaban J connectivity index is 2.34. The number of halogens is 2. The van der Waals surface area contributed by atoms with E-state index in [1.807, 2.05) is 24.9 Å². The molecular weight excluding hydrogens is 289 g/mol. The Morgan fingerprint density at radius 1 is 1.29 bits per heavy atom. The lowest BCUT2D eigenvalue weighted by molar-refractivity contribution is 0.585. The van der Waals surface area contributed by atoms with Crippen molar-refractivity contribution in [2.24, 2.45) is 5.73 Å². The number of hydrogen-bond donors (Lipinski definition) is 2. The van der Waals surface area contributed by atoms with Gasteiger partial charge in [-0.1, -0.05) is 29.8 Å². The van der Waals surface area contributed by atoms with Crippen LogP contribution in [0.1, 0.15) is 24.1 Å². The van der Waals surface area contributed by atoms with Crippen molar-refractivity contribution < 1.29 is 4.39 Å². The van der Waals surface area contributed by atoms with Gasteiger partial charge in [-0.3, -0.25) is 5.41 Å². The van der Waals surface area contributed by atoms with Crippen LogP contribution in [0.4, 0.5) is 10.1 Å². The molecule has 0 aliphatic carbocycles. The van der Waals surface area contributed by atoms with E-state index in [4.69, 9.17) is 22.7 Å². The number of benzene rings is 2. The SMILES string of the molecule is CC(c1ccccc1F)N(C)c1ccc(C(=N)N)cc1Cl. The van der Waals surface area contributed by atoms with Gasteiger partial charge in [0.15, 0.2) is 0 Å². The van der Waals surface area contributed by atoms with E-state index in [-0.39, 0.29) is 17.7 Å². The molecule has 2 aromatic carbocycles. The molecule has 2 rings (SSSR count). The third-order valence-corrected chi connectivity index (χ3v) is 3.88. The Hall–Kier alpha value is -2.07. The molecule has 0 saturated heterocycles. The summed E-state index contributed by atoms with van der Waals surface area (Å²) in [5.74, 6) is -0.276. The largest absolute Gasteiger partial charge is 0.384 e. The second-order valence-electron chi connectivity index (χ2n) is 4.89. The Morgan fingerprint density at radius 2 is 1.95 bits per heavy atom. The van der Waals surface area contributed by atoms with Crippen molar-refractivity contribution in [1.82, 2.24) is 0 Å². The van der Waals surface area contributed by atoms with Crippen molar-refractivity contribution >= 4 is 23.1 Å². The first-order valence-electron chi connectivity index (χ1n) is 6.53. The molecule has 0 radical (unpaired) electrons. The van der Waals surface area contributed by atoms with Crippen LogP contribution < -0.4 is 10.6 Å². The zero-order valence-corrected chi connectivity index (χ0v) is 12.7. The number of hydrogen-bond acceptors (Lipinski definition) is 2. The molecule has 2 aromatic rings. The molecular formula is C16H17ClFN3. The smallest absolute Gasteiger partial charge is 0.128 e. The van der Waals surface area contributed by atoms with Crippen LogP contribution in [0.5, 0.6) is 0 Å². The number of amidine groups is 1. The minimum atomic E-state index is -0.242. The molecule has 0 bridgehead atoms. The lowest BCUT2D eigenvalue weighted by Crippen LogP contribution is -2.23. The zero-order chi connectivity index (χ0) is 15.6. The molecule has 0 saturated carbocycles. The summed E-state index contributed by atoms with van der Waals surface area (Å²) in [5, 5.41) is 7.89. The molecule has 0 aromatic heterocycles. The normalized spacial score (nSPS) is 12.0. The van der Waals surface area contributed by atoms with Crippen LogP contribution in [0.2, 0.25) is 5.02 Å². The fraction of sp³-hybridized carbons (Fsp3) is 0.188. The minimum Gasteiger partial charge on any atom is -0.384 e. The average Bonchev–Trinajstić information content (AvgIpc) is 2.46. The fourth-order valence-electron chi connectivity index (χ4n) is 2.19. The van der Waals surface area contributed by atoms with E-state index in [1.54, 1.807) is 30.3 Å². The van der Waals surface area contributed by atoms with Crippen LogP contribution >= 0.6 is 11.6 Å². The van der Waals surface area contributed by atoms with Crippen molar-refractivity contribution in [3.8, 4) is 0 Å². The molecule has 3 nitrogen and oxygen atoms in total. The first-order valence-corrected chi connectivity index (χ1v) is 6.91. The van der Waals surface area contributed by atoms with Gasteiger partial charge >= 0.3 is 0 Å². The summed E-state index contributed by atoms with van der Waals surface area (Å²) in [7, 11) is 1.85. The Bertz CT molecular complexity index is 672. The third-order valence-electron chi connectivity index (χ3n) is 3.57. The molecule has 110 valence electrons. The second-order valence-corrected chi connectivity index (χ2v) is 5.30. The number of nitrogens with zero attached hydrogens (tertiary/aromatic N) is 1. The summed E-state index contributed by atoms with van der Waals surface area (Å²) in [6.45, 7) is 1.91. The summed E-state index contributed by atoms with van der Waals surface area (Å²) < 4.78 is 13.9. The highest BCUT2D eigenvalue weighted by Gasteiger charge is 2.18. The summed E-state index contributed by atoms with van der Waals surface area (Å²) in [4.78, 5) is 1.89.